The monoisotopic (exact) mass is 381 g/mol. The fourth-order valence-corrected chi connectivity index (χ4v) is 3.97. The van der Waals surface area contributed by atoms with Gasteiger partial charge in [0.15, 0.2) is 5.82 Å². The van der Waals surface area contributed by atoms with Crippen molar-refractivity contribution in [1.29, 1.82) is 0 Å². The van der Waals surface area contributed by atoms with Crippen LogP contribution in [0.25, 0.3) is 22.3 Å². The first-order chi connectivity index (χ1) is 13.1. The summed E-state index contributed by atoms with van der Waals surface area (Å²) in [6.45, 7) is 8.29. The summed E-state index contributed by atoms with van der Waals surface area (Å²) in [5, 5.41) is 1.55. The van der Waals surface area contributed by atoms with Crippen molar-refractivity contribution >= 4 is 22.5 Å². The van der Waals surface area contributed by atoms with E-state index in [1.807, 2.05) is 18.2 Å². The number of hydrogen-bond acceptors (Lipinski definition) is 4. The highest BCUT2D eigenvalue weighted by atomic mass is 35.5. The molecule has 4 nitrogen and oxygen atoms in total. The molecule has 0 radical (unpaired) electrons. The van der Waals surface area contributed by atoms with Crippen LogP contribution in [0.5, 0.6) is 5.75 Å². The first kappa shape index (κ1) is 18.2. The van der Waals surface area contributed by atoms with Gasteiger partial charge in [0.05, 0.1) is 10.5 Å². The molecule has 2 aromatic carbocycles. The van der Waals surface area contributed by atoms with Crippen molar-refractivity contribution in [3.63, 3.8) is 0 Å². The number of halogens is 1. The second kappa shape index (κ2) is 7.83. The van der Waals surface area contributed by atoms with E-state index in [2.05, 4.69) is 40.8 Å². The maximum atomic E-state index is 6.22. The van der Waals surface area contributed by atoms with Crippen LogP contribution in [0.4, 0.5) is 0 Å². The molecule has 0 bridgehead atoms. The van der Waals surface area contributed by atoms with E-state index in [1.54, 1.807) is 6.20 Å². The second-order valence-corrected chi connectivity index (χ2v) is 7.61. The van der Waals surface area contributed by atoms with E-state index in [0.29, 0.717) is 10.8 Å². The van der Waals surface area contributed by atoms with Crippen LogP contribution in [-0.4, -0.2) is 41.1 Å². The summed E-state index contributed by atoms with van der Waals surface area (Å²) in [4.78, 5) is 11.7. The first-order valence-electron chi connectivity index (χ1n) is 9.50. The molecule has 1 fully saturated rings. The lowest BCUT2D eigenvalue weighted by Crippen LogP contribution is -2.25. The van der Waals surface area contributed by atoms with Crippen molar-refractivity contribution < 1.29 is 4.74 Å². The van der Waals surface area contributed by atoms with Crippen LogP contribution < -0.4 is 4.74 Å². The molecule has 4 rings (SSSR count). The average molecular weight is 382 g/mol. The topological polar surface area (TPSA) is 38.3 Å². The van der Waals surface area contributed by atoms with Crippen LogP contribution in [-0.2, 0) is 0 Å². The summed E-state index contributed by atoms with van der Waals surface area (Å²) in [7, 11) is 0. The van der Waals surface area contributed by atoms with E-state index < -0.39 is 0 Å². The highest BCUT2D eigenvalue weighted by molar-refractivity contribution is 6.35. The molecular weight excluding hydrogens is 358 g/mol. The quantitative estimate of drug-likeness (QED) is 0.620. The molecule has 27 heavy (non-hydrogen) atoms. The van der Waals surface area contributed by atoms with E-state index in [4.69, 9.17) is 16.3 Å². The Hall–Kier alpha value is -2.17. The molecule has 2 heterocycles. The number of likely N-dealkylation sites (tertiary alicyclic amines) is 1. The van der Waals surface area contributed by atoms with Gasteiger partial charge in [-0.2, -0.15) is 0 Å². The third-order valence-corrected chi connectivity index (χ3v) is 5.47. The fourth-order valence-electron chi connectivity index (χ4n) is 3.75. The number of nitrogens with zero attached hydrogens (tertiary/aromatic N) is 3. The zero-order valence-electron chi connectivity index (χ0n) is 15.8. The molecule has 0 atom stereocenters. The number of benzene rings is 2. The minimum atomic E-state index is 0.674. The smallest absolute Gasteiger partial charge is 0.159 e. The third-order valence-electron chi connectivity index (χ3n) is 5.14. The molecule has 1 saturated heterocycles. The Balaban J connectivity index is 1.55. The summed E-state index contributed by atoms with van der Waals surface area (Å²) in [6, 6.07) is 9.93. The van der Waals surface area contributed by atoms with Gasteiger partial charge in [-0.3, -0.25) is 4.90 Å². The minimum Gasteiger partial charge on any atom is -0.492 e. The number of rotatable bonds is 5. The zero-order valence-corrected chi connectivity index (χ0v) is 16.6. The number of fused-ring (bicyclic) bond motifs is 1. The minimum absolute atomic E-state index is 0.674. The van der Waals surface area contributed by atoms with Gasteiger partial charge < -0.3 is 4.74 Å². The lowest BCUT2D eigenvalue weighted by Gasteiger charge is -2.17. The van der Waals surface area contributed by atoms with Gasteiger partial charge in [0.2, 0.25) is 0 Å². The third kappa shape index (κ3) is 3.92. The SMILES string of the molecule is Cc1cc(-c2ncc3c(Cl)cccc3n2)cc(C)c1OCCN1CCCC1. The summed E-state index contributed by atoms with van der Waals surface area (Å²) >= 11 is 6.22. The maximum Gasteiger partial charge on any atom is 0.159 e. The Kier molecular flexibility index (Phi) is 5.28. The van der Waals surface area contributed by atoms with Gasteiger partial charge in [0.25, 0.3) is 0 Å². The lowest BCUT2D eigenvalue weighted by molar-refractivity contribution is 0.236. The van der Waals surface area contributed by atoms with Crippen LogP contribution in [0.1, 0.15) is 24.0 Å². The summed E-state index contributed by atoms with van der Waals surface area (Å²) in [6.07, 6.45) is 4.42. The van der Waals surface area contributed by atoms with Crippen LogP contribution >= 0.6 is 11.6 Å². The summed E-state index contributed by atoms with van der Waals surface area (Å²) in [5.74, 6) is 1.68. The van der Waals surface area contributed by atoms with Crippen molar-refractivity contribution in [3.05, 3.63) is 52.7 Å². The molecule has 0 amide bonds. The molecule has 0 spiro atoms. The molecule has 0 unspecified atom stereocenters. The Labute approximate surface area is 165 Å². The molecule has 1 aromatic heterocycles. The second-order valence-electron chi connectivity index (χ2n) is 7.20. The Morgan fingerprint density at radius 3 is 2.59 bits per heavy atom. The predicted octanol–water partition coefficient (Wildman–Crippen LogP) is 5.04. The molecule has 0 saturated carbocycles. The number of aryl methyl sites for hydroxylation is 2. The van der Waals surface area contributed by atoms with Gasteiger partial charge >= 0.3 is 0 Å². The summed E-state index contributed by atoms with van der Waals surface area (Å²) < 4.78 is 6.11. The fraction of sp³-hybridized carbons (Fsp3) is 0.364. The van der Waals surface area contributed by atoms with E-state index in [-0.39, 0.29) is 0 Å². The first-order valence-corrected chi connectivity index (χ1v) is 9.87. The van der Waals surface area contributed by atoms with Crippen molar-refractivity contribution in [2.24, 2.45) is 0 Å². The van der Waals surface area contributed by atoms with Crippen LogP contribution in [0.3, 0.4) is 0 Å². The Morgan fingerprint density at radius 1 is 1.11 bits per heavy atom. The van der Waals surface area contributed by atoms with Gasteiger partial charge in [-0.15, -0.1) is 0 Å². The van der Waals surface area contributed by atoms with Crippen LogP contribution in [0.2, 0.25) is 5.02 Å². The van der Waals surface area contributed by atoms with Crippen LogP contribution in [0, 0.1) is 13.8 Å². The number of hydrogen-bond donors (Lipinski definition) is 0. The molecule has 5 heteroatoms. The molecule has 0 N–H and O–H groups in total. The van der Waals surface area contributed by atoms with Gasteiger partial charge in [-0.1, -0.05) is 17.7 Å². The van der Waals surface area contributed by atoms with Gasteiger partial charge in [-0.05, 0) is 75.2 Å². The van der Waals surface area contributed by atoms with Crippen molar-refractivity contribution in [2.75, 3.05) is 26.2 Å². The van der Waals surface area contributed by atoms with E-state index in [9.17, 15) is 0 Å². The Bertz CT molecular complexity index is 944. The van der Waals surface area contributed by atoms with E-state index in [1.165, 1.54) is 25.9 Å². The zero-order chi connectivity index (χ0) is 18.8. The van der Waals surface area contributed by atoms with Gasteiger partial charge in [0.1, 0.15) is 12.4 Å². The lowest BCUT2D eigenvalue weighted by atomic mass is 10.0. The average Bonchev–Trinajstić information content (AvgIpc) is 3.17. The molecule has 1 aliphatic heterocycles. The van der Waals surface area contributed by atoms with Gasteiger partial charge in [0, 0.05) is 23.7 Å². The van der Waals surface area contributed by atoms with Crippen molar-refractivity contribution in [1.82, 2.24) is 14.9 Å². The maximum absolute atomic E-state index is 6.22. The highest BCUT2D eigenvalue weighted by Gasteiger charge is 2.13. The molecule has 140 valence electrons. The number of ether oxygens (including phenoxy) is 1. The summed E-state index contributed by atoms with van der Waals surface area (Å²) in [5.41, 5.74) is 4.08. The van der Waals surface area contributed by atoms with Crippen LogP contribution in [0.15, 0.2) is 36.5 Å². The van der Waals surface area contributed by atoms with E-state index >= 15 is 0 Å². The van der Waals surface area contributed by atoms with Gasteiger partial charge in [-0.25, -0.2) is 9.97 Å². The normalized spacial score (nSPS) is 14.8. The highest BCUT2D eigenvalue weighted by Crippen LogP contribution is 2.30. The molecule has 3 aromatic rings. The molecule has 0 aliphatic carbocycles. The van der Waals surface area contributed by atoms with E-state index in [0.717, 1.165) is 46.5 Å². The van der Waals surface area contributed by atoms with Crippen molar-refractivity contribution in [2.45, 2.75) is 26.7 Å². The Morgan fingerprint density at radius 2 is 1.85 bits per heavy atom. The predicted molar refractivity (Wildman–Crippen MR) is 111 cm³/mol. The standard InChI is InChI=1S/C22H24ClN3O/c1-15-12-17(22-24-14-18-19(23)6-5-7-20(18)25-22)13-16(2)21(15)27-11-10-26-8-3-4-9-26/h5-7,12-14H,3-4,8-11H2,1-2H3. The van der Waals surface area contributed by atoms with Crippen molar-refractivity contribution in [3.8, 4) is 17.1 Å². The molecular formula is C22H24ClN3O. The molecule has 1 aliphatic rings. The number of aromatic nitrogens is 2. The largest absolute Gasteiger partial charge is 0.492 e.